The Labute approximate surface area is 139 Å². The zero-order chi connectivity index (χ0) is 16.4. The highest BCUT2D eigenvalue weighted by Crippen LogP contribution is 2.28. The van der Waals surface area contributed by atoms with Gasteiger partial charge in [0.15, 0.2) is 0 Å². The number of nitrogens with two attached hydrogens (primary N) is 1. The molecule has 8 heteroatoms. The van der Waals surface area contributed by atoms with Gasteiger partial charge >= 0.3 is 0 Å². The van der Waals surface area contributed by atoms with E-state index >= 15 is 0 Å². The summed E-state index contributed by atoms with van der Waals surface area (Å²) in [5.41, 5.74) is 5.53. The Morgan fingerprint density at radius 1 is 1.48 bits per heavy atom. The zero-order valence-corrected chi connectivity index (χ0v) is 13.8. The molecule has 2 N–H and O–H groups in total. The summed E-state index contributed by atoms with van der Waals surface area (Å²) < 4.78 is 26.8. The first kappa shape index (κ1) is 19.3. The van der Waals surface area contributed by atoms with E-state index in [9.17, 15) is 18.4 Å². The van der Waals surface area contributed by atoms with Crippen molar-refractivity contribution in [2.24, 2.45) is 11.7 Å². The van der Waals surface area contributed by atoms with E-state index in [1.54, 1.807) is 7.05 Å². The number of amides is 2. The summed E-state index contributed by atoms with van der Waals surface area (Å²) in [6, 6.07) is 2.88. The molecule has 1 aliphatic rings. The second kappa shape index (κ2) is 7.70. The number of carbonyl (C=O) groups excluding carboxylic acids is 2. The third-order valence-electron chi connectivity index (χ3n) is 4.02. The summed E-state index contributed by atoms with van der Waals surface area (Å²) >= 11 is 0. The number of carbonyl (C=O) groups is 2. The van der Waals surface area contributed by atoms with Crippen LogP contribution in [0.5, 0.6) is 0 Å². The molecule has 0 bridgehead atoms. The van der Waals surface area contributed by atoms with Gasteiger partial charge in [-0.05, 0) is 19.1 Å². The van der Waals surface area contributed by atoms with Crippen LogP contribution in [0.2, 0.25) is 0 Å². The normalized spacial score (nSPS) is 18.6. The largest absolute Gasteiger partial charge is 0.341 e. The fraction of sp³-hybridized carbons (Fsp3) is 0.467. The highest BCUT2D eigenvalue weighted by Gasteiger charge is 2.38. The minimum Gasteiger partial charge on any atom is -0.341 e. The molecule has 1 aromatic carbocycles. The number of hydrogen-bond acceptors (Lipinski definition) is 3. The monoisotopic (exact) mass is 347 g/mol. The van der Waals surface area contributed by atoms with E-state index in [4.69, 9.17) is 5.73 Å². The van der Waals surface area contributed by atoms with Crippen LogP contribution in [0.15, 0.2) is 18.2 Å². The molecule has 0 spiro atoms. The van der Waals surface area contributed by atoms with Crippen molar-refractivity contribution in [3.63, 3.8) is 0 Å². The van der Waals surface area contributed by atoms with Gasteiger partial charge in [-0.1, -0.05) is 0 Å². The summed E-state index contributed by atoms with van der Waals surface area (Å²) in [6.45, 7) is 2.22. The molecule has 23 heavy (non-hydrogen) atoms. The minimum absolute atomic E-state index is 0. The van der Waals surface area contributed by atoms with Crippen molar-refractivity contribution >= 4 is 29.9 Å². The molecule has 1 aromatic rings. The van der Waals surface area contributed by atoms with Crippen LogP contribution in [-0.2, 0) is 9.59 Å². The molecule has 128 valence electrons. The van der Waals surface area contributed by atoms with Gasteiger partial charge in [-0.3, -0.25) is 9.59 Å². The first-order valence-electron chi connectivity index (χ1n) is 7.07. The Hall–Kier alpha value is -1.73. The maximum atomic E-state index is 13.8. The predicted octanol–water partition coefficient (Wildman–Crippen LogP) is 1.55. The molecule has 2 unspecified atom stereocenters. The third kappa shape index (κ3) is 3.97. The molecule has 2 amide bonds. The molecule has 2 rings (SSSR count). The van der Waals surface area contributed by atoms with Crippen molar-refractivity contribution in [2.75, 3.05) is 25.0 Å². The van der Waals surface area contributed by atoms with E-state index in [-0.39, 0.29) is 48.9 Å². The lowest BCUT2D eigenvalue weighted by atomic mass is 10.1. The Morgan fingerprint density at radius 3 is 2.70 bits per heavy atom. The zero-order valence-electron chi connectivity index (χ0n) is 13.0. The van der Waals surface area contributed by atoms with Gasteiger partial charge < -0.3 is 15.5 Å². The molecular weight excluding hydrogens is 328 g/mol. The maximum absolute atomic E-state index is 13.8. The smallest absolute Gasteiger partial charge is 0.228 e. The molecule has 1 fully saturated rings. The summed E-state index contributed by atoms with van der Waals surface area (Å²) in [5.74, 6) is -2.62. The minimum atomic E-state index is -0.815. The molecule has 5 nitrogen and oxygen atoms in total. The van der Waals surface area contributed by atoms with E-state index in [2.05, 4.69) is 0 Å². The van der Waals surface area contributed by atoms with Crippen LogP contribution in [0.25, 0.3) is 0 Å². The Balaban J connectivity index is 0.00000264. The van der Waals surface area contributed by atoms with Gasteiger partial charge in [0.2, 0.25) is 11.8 Å². The summed E-state index contributed by atoms with van der Waals surface area (Å²) in [7, 11) is 1.63. The topological polar surface area (TPSA) is 66.6 Å². The van der Waals surface area contributed by atoms with Crippen LogP contribution in [0.4, 0.5) is 14.5 Å². The van der Waals surface area contributed by atoms with Crippen molar-refractivity contribution in [3.8, 4) is 0 Å². The van der Waals surface area contributed by atoms with Gasteiger partial charge in [0.25, 0.3) is 0 Å². The highest BCUT2D eigenvalue weighted by molar-refractivity contribution is 6.00. The van der Waals surface area contributed by atoms with Crippen LogP contribution < -0.4 is 10.6 Å². The van der Waals surface area contributed by atoms with Gasteiger partial charge in [-0.25, -0.2) is 8.78 Å². The number of benzene rings is 1. The average molecular weight is 348 g/mol. The quantitative estimate of drug-likeness (QED) is 0.898. The predicted molar refractivity (Wildman–Crippen MR) is 85.4 cm³/mol. The molecule has 0 aromatic heterocycles. The number of rotatable bonds is 4. The lowest BCUT2D eigenvalue weighted by Gasteiger charge is -2.26. The molecule has 0 saturated carbocycles. The summed E-state index contributed by atoms with van der Waals surface area (Å²) in [5, 5.41) is 0. The Bertz CT molecular complexity index is 600. The average Bonchev–Trinajstić information content (AvgIpc) is 2.86. The molecule has 1 aliphatic heterocycles. The van der Waals surface area contributed by atoms with Crippen LogP contribution in [0, 0.1) is 17.6 Å². The number of hydrogen-bond donors (Lipinski definition) is 1. The van der Waals surface area contributed by atoms with Gasteiger partial charge in [-0.15, -0.1) is 12.4 Å². The van der Waals surface area contributed by atoms with Crippen LogP contribution in [0.1, 0.15) is 13.3 Å². The van der Waals surface area contributed by atoms with E-state index in [1.165, 1.54) is 15.9 Å². The third-order valence-corrected chi connectivity index (χ3v) is 4.02. The Morgan fingerprint density at radius 2 is 2.13 bits per heavy atom. The molecule has 0 radical (unpaired) electrons. The summed E-state index contributed by atoms with van der Waals surface area (Å²) in [4.78, 5) is 27.1. The fourth-order valence-corrected chi connectivity index (χ4v) is 2.47. The molecule has 2 atom stereocenters. The number of likely N-dealkylation sites (N-methyl/N-ethyl adjacent to an activating group) is 1. The van der Waals surface area contributed by atoms with Crippen molar-refractivity contribution in [1.82, 2.24) is 4.90 Å². The molecule has 1 heterocycles. The molecular formula is C15H20ClF2N3O2. The van der Waals surface area contributed by atoms with Gasteiger partial charge in [0.1, 0.15) is 11.6 Å². The van der Waals surface area contributed by atoms with Gasteiger partial charge in [-0.2, -0.15) is 0 Å². The first-order valence-corrected chi connectivity index (χ1v) is 7.07. The van der Waals surface area contributed by atoms with Crippen molar-refractivity contribution < 1.29 is 18.4 Å². The molecule has 1 saturated heterocycles. The summed E-state index contributed by atoms with van der Waals surface area (Å²) in [6.07, 6.45) is 0.0112. The van der Waals surface area contributed by atoms with Crippen molar-refractivity contribution in [1.29, 1.82) is 0 Å². The van der Waals surface area contributed by atoms with E-state index in [0.717, 1.165) is 12.1 Å². The number of halogens is 3. The Kier molecular flexibility index (Phi) is 6.47. The fourth-order valence-electron chi connectivity index (χ4n) is 2.47. The second-order valence-electron chi connectivity index (χ2n) is 5.53. The van der Waals surface area contributed by atoms with Crippen LogP contribution >= 0.6 is 12.4 Å². The highest BCUT2D eigenvalue weighted by atomic mass is 35.5. The van der Waals surface area contributed by atoms with E-state index < -0.39 is 17.6 Å². The van der Waals surface area contributed by atoms with Gasteiger partial charge in [0.05, 0.1) is 11.6 Å². The number of nitrogens with zero attached hydrogens (tertiary/aromatic N) is 2. The van der Waals surface area contributed by atoms with E-state index in [1.807, 2.05) is 6.92 Å². The van der Waals surface area contributed by atoms with E-state index in [0.29, 0.717) is 6.54 Å². The SMILES string of the molecule is CC(CN)N(C)C(=O)C1CC(=O)N(c2ccc(F)cc2F)C1.Cl. The van der Waals surface area contributed by atoms with Crippen LogP contribution in [0.3, 0.4) is 0 Å². The van der Waals surface area contributed by atoms with Crippen LogP contribution in [-0.4, -0.2) is 42.9 Å². The number of anilines is 1. The first-order chi connectivity index (χ1) is 10.3. The maximum Gasteiger partial charge on any atom is 0.228 e. The second-order valence-corrected chi connectivity index (χ2v) is 5.53. The lowest BCUT2D eigenvalue weighted by molar-refractivity contribution is -0.136. The standard InChI is InChI=1S/C15H19F2N3O2.ClH/c1-9(7-18)19(2)15(22)10-5-14(21)20(8-10)13-4-3-11(16)6-12(13)17;/h3-4,6,9-10H,5,7-8,18H2,1-2H3;1H. The van der Waals surface area contributed by atoms with Crippen molar-refractivity contribution in [3.05, 3.63) is 29.8 Å². The lowest BCUT2D eigenvalue weighted by Crippen LogP contribution is -2.43. The molecule has 0 aliphatic carbocycles. The van der Waals surface area contributed by atoms with Gasteiger partial charge in [0, 0.05) is 38.7 Å². The van der Waals surface area contributed by atoms with Crippen molar-refractivity contribution in [2.45, 2.75) is 19.4 Å².